The molecule has 1 amide bonds. The van der Waals surface area contributed by atoms with E-state index in [1.807, 2.05) is 31.2 Å². The molecule has 1 unspecified atom stereocenters. The van der Waals surface area contributed by atoms with Crippen molar-refractivity contribution < 1.29 is 9.53 Å². The van der Waals surface area contributed by atoms with E-state index < -0.39 is 6.04 Å². The van der Waals surface area contributed by atoms with Gasteiger partial charge in [-0.05, 0) is 37.1 Å². The molecule has 1 aromatic carbocycles. The molecule has 3 N–H and O–H groups in total. The van der Waals surface area contributed by atoms with Crippen molar-refractivity contribution >= 4 is 5.91 Å². The van der Waals surface area contributed by atoms with Gasteiger partial charge in [-0.2, -0.15) is 0 Å². The summed E-state index contributed by atoms with van der Waals surface area (Å²) in [5, 5.41) is 3.17. The lowest BCUT2D eigenvalue weighted by atomic mass is 10.1. The van der Waals surface area contributed by atoms with E-state index in [0.717, 1.165) is 17.9 Å². The Morgan fingerprint density at radius 2 is 1.94 bits per heavy atom. The summed E-state index contributed by atoms with van der Waals surface area (Å²) < 4.78 is 5.36. The molecule has 0 saturated carbocycles. The number of nitrogens with two attached hydrogens (primary N) is 1. The van der Waals surface area contributed by atoms with E-state index in [1.54, 1.807) is 0 Å². The second-order valence-corrected chi connectivity index (χ2v) is 4.64. The SMILES string of the molecule is CCOc1ccc(C(NCC(C)C)C(N)=O)cc1. The highest BCUT2D eigenvalue weighted by Gasteiger charge is 2.17. The summed E-state index contributed by atoms with van der Waals surface area (Å²) in [5.41, 5.74) is 6.29. The molecule has 4 nitrogen and oxygen atoms in total. The Hall–Kier alpha value is -1.55. The lowest BCUT2D eigenvalue weighted by molar-refractivity contribution is -0.120. The van der Waals surface area contributed by atoms with Gasteiger partial charge in [-0.1, -0.05) is 26.0 Å². The Morgan fingerprint density at radius 3 is 2.39 bits per heavy atom. The molecule has 0 radical (unpaired) electrons. The highest BCUT2D eigenvalue weighted by molar-refractivity contribution is 5.81. The minimum absolute atomic E-state index is 0.361. The molecule has 1 aromatic rings. The van der Waals surface area contributed by atoms with Crippen molar-refractivity contribution in [3.05, 3.63) is 29.8 Å². The predicted octanol–water partition coefficient (Wildman–Crippen LogP) is 1.86. The maximum Gasteiger partial charge on any atom is 0.239 e. The number of amides is 1. The third-order valence-electron chi connectivity index (χ3n) is 2.54. The first-order valence-corrected chi connectivity index (χ1v) is 6.30. The number of primary amides is 1. The van der Waals surface area contributed by atoms with E-state index in [9.17, 15) is 4.79 Å². The lowest BCUT2D eigenvalue weighted by Crippen LogP contribution is -2.35. The summed E-state index contributed by atoms with van der Waals surface area (Å²) in [6, 6.07) is 7.00. The molecule has 4 heteroatoms. The number of hydrogen-bond donors (Lipinski definition) is 2. The van der Waals surface area contributed by atoms with Crippen LogP contribution in [0.25, 0.3) is 0 Å². The molecule has 0 aliphatic heterocycles. The Balaban J connectivity index is 2.76. The molecule has 1 atom stereocenters. The summed E-state index contributed by atoms with van der Waals surface area (Å²) in [6.07, 6.45) is 0. The molecule has 0 aliphatic rings. The summed E-state index contributed by atoms with van der Waals surface area (Å²) in [5.74, 6) is 0.905. The fraction of sp³-hybridized carbons (Fsp3) is 0.500. The largest absolute Gasteiger partial charge is 0.494 e. The maximum absolute atomic E-state index is 11.5. The molecule has 0 fully saturated rings. The average Bonchev–Trinajstić information content (AvgIpc) is 2.31. The second kappa shape index (κ2) is 7.01. The predicted molar refractivity (Wildman–Crippen MR) is 72.4 cm³/mol. The zero-order valence-electron chi connectivity index (χ0n) is 11.3. The molecular weight excluding hydrogens is 228 g/mol. The zero-order chi connectivity index (χ0) is 13.5. The van der Waals surface area contributed by atoms with Crippen LogP contribution in [0.15, 0.2) is 24.3 Å². The van der Waals surface area contributed by atoms with Crippen molar-refractivity contribution in [1.29, 1.82) is 0 Å². The van der Waals surface area contributed by atoms with Crippen LogP contribution in [0.1, 0.15) is 32.4 Å². The van der Waals surface area contributed by atoms with Crippen molar-refractivity contribution in [1.82, 2.24) is 5.32 Å². The van der Waals surface area contributed by atoms with Gasteiger partial charge in [0.05, 0.1) is 6.61 Å². The first-order valence-electron chi connectivity index (χ1n) is 6.30. The van der Waals surface area contributed by atoms with E-state index in [4.69, 9.17) is 10.5 Å². The number of hydrogen-bond acceptors (Lipinski definition) is 3. The highest BCUT2D eigenvalue weighted by Crippen LogP contribution is 2.18. The van der Waals surface area contributed by atoms with Crippen LogP contribution >= 0.6 is 0 Å². The van der Waals surface area contributed by atoms with Crippen LogP contribution in [-0.4, -0.2) is 19.1 Å². The second-order valence-electron chi connectivity index (χ2n) is 4.64. The van der Waals surface area contributed by atoms with Gasteiger partial charge >= 0.3 is 0 Å². The maximum atomic E-state index is 11.5. The smallest absolute Gasteiger partial charge is 0.239 e. The third-order valence-corrected chi connectivity index (χ3v) is 2.54. The number of carbonyl (C=O) groups excluding carboxylic acids is 1. The Kier molecular flexibility index (Phi) is 5.65. The van der Waals surface area contributed by atoms with E-state index >= 15 is 0 Å². The summed E-state index contributed by atoms with van der Waals surface area (Å²) in [7, 11) is 0. The number of rotatable bonds is 7. The van der Waals surface area contributed by atoms with Gasteiger partial charge in [0.1, 0.15) is 11.8 Å². The first-order chi connectivity index (χ1) is 8.54. The molecule has 0 saturated heterocycles. The number of nitrogens with one attached hydrogen (secondary N) is 1. The van der Waals surface area contributed by atoms with Gasteiger partial charge in [0.25, 0.3) is 0 Å². The van der Waals surface area contributed by atoms with Crippen molar-refractivity contribution in [3.8, 4) is 5.75 Å². The van der Waals surface area contributed by atoms with Crippen LogP contribution < -0.4 is 15.8 Å². The molecular formula is C14H22N2O2. The third kappa shape index (κ3) is 4.37. The van der Waals surface area contributed by atoms with Crippen molar-refractivity contribution in [2.75, 3.05) is 13.2 Å². The van der Waals surface area contributed by atoms with Crippen LogP contribution in [0.2, 0.25) is 0 Å². The normalized spacial score (nSPS) is 12.4. The molecule has 1 rings (SSSR count). The zero-order valence-corrected chi connectivity index (χ0v) is 11.3. The van der Waals surface area contributed by atoms with Gasteiger partial charge in [-0.15, -0.1) is 0 Å². The van der Waals surface area contributed by atoms with Gasteiger partial charge in [-0.25, -0.2) is 0 Å². The van der Waals surface area contributed by atoms with E-state index in [-0.39, 0.29) is 5.91 Å². The summed E-state index contributed by atoms with van der Waals surface area (Å²) in [6.45, 7) is 7.49. The topological polar surface area (TPSA) is 64.3 Å². The minimum atomic E-state index is -0.442. The molecule has 0 aliphatic carbocycles. The van der Waals surface area contributed by atoms with Gasteiger partial charge < -0.3 is 15.8 Å². The van der Waals surface area contributed by atoms with E-state index in [0.29, 0.717) is 12.5 Å². The molecule has 0 spiro atoms. The Bertz CT molecular complexity index is 374. The number of carbonyl (C=O) groups is 1. The molecule has 0 bridgehead atoms. The van der Waals surface area contributed by atoms with Crippen LogP contribution in [0, 0.1) is 5.92 Å². The Labute approximate surface area is 109 Å². The fourth-order valence-electron chi connectivity index (χ4n) is 1.66. The molecule has 100 valence electrons. The standard InChI is InChI=1S/C14H22N2O2/c1-4-18-12-7-5-11(6-8-12)13(14(15)17)16-9-10(2)3/h5-8,10,13,16H,4,9H2,1-3H3,(H2,15,17). The van der Waals surface area contributed by atoms with Crippen LogP contribution in [-0.2, 0) is 4.79 Å². The van der Waals surface area contributed by atoms with Gasteiger partial charge in [0, 0.05) is 0 Å². The summed E-state index contributed by atoms with van der Waals surface area (Å²) >= 11 is 0. The van der Waals surface area contributed by atoms with Gasteiger partial charge in [0.15, 0.2) is 0 Å². The Morgan fingerprint density at radius 1 is 1.33 bits per heavy atom. The summed E-state index contributed by atoms with van der Waals surface area (Å²) in [4.78, 5) is 11.5. The number of benzene rings is 1. The van der Waals surface area contributed by atoms with E-state index in [1.165, 1.54) is 0 Å². The van der Waals surface area contributed by atoms with E-state index in [2.05, 4.69) is 19.2 Å². The van der Waals surface area contributed by atoms with Crippen LogP contribution in [0.4, 0.5) is 0 Å². The van der Waals surface area contributed by atoms with Crippen molar-refractivity contribution in [2.24, 2.45) is 11.7 Å². The molecule has 18 heavy (non-hydrogen) atoms. The van der Waals surface area contributed by atoms with Crippen molar-refractivity contribution in [3.63, 3.8) is 0 Å². The number of ether oxygens (including phenoxy) is 1. The van der Waals surface area contributed by atoms with Crippen LogP contribution in [0.5, 0.6) is 5.75 Å². The monoisotopic (exact) mass is 250 g/mol. The first kappa shape index (κ1) is 14.5. The van der Waals surface area contributed by atoms with Crippen molar-refractivity contribution in [2.45, 2.75) is 26.8 Å². The van der Waals surface area contributed by atoms with Gasteiger partial charge in [0.2, 0.25) is 5.91 Å². The molecule has 0 heterocycles. The molecule has 0 aromatic heterocycles. The quantitative estimate of drug-likeness (QED) is 0.776. The average molecular weight is 250 g/mol. The lowest BCUT2D eigenvalue weighted by Gasteiger charge is -2.17. The minimum Gasteiger partial charge on any atom is -0.494 e. The van der Waals surface area contributed by atoms with Crippen LogP contribution in [0.3, 0.4) is 0 Å². The highest BCUT2D eigenvalue weighted by atomic mass is 16.5. The van der Waals surface area contributed by atoms with Gasteiger partial charge in [-0.3, -0.25) is 4.79 Å². The fourth-order valence-corrected chi connectivity index (χ4v) is 1.66.